The Morgan fingerprint density at radius 1 is 1.15 bits per heavy atom. The van der Waals surface area contributed by atoms with Gasteiger partial charge in [0.1, 0.15) is 0 Å². The van der Waals surface area contributed by atoms with Gasteiger partial charge < -0.3 is 0 Å². The van der Waals surface area contributed by atoms with Gasteiger partial charge in [-0.3, -0.25) is 0 Å². The first-order valence-electron chi connectivity index (χ1n) is 5.84. The average Bonchev–Trinajstić information content (AvgIpc) is 2.80. The first-order chi connectivity index (χ1) is 6.43. The van der Waals surface area contributed by atoms with Crippen molar-refractivity contribution in [2.45, 2.75) is 44.9 Å². The van der Waals surface area contributed by atoms with Crippen molar-refractivity contribution in [3.63, 3.8) is 0 Å². The lowest BCUT2D eigenvalue weighted by Gasteiger charge is -2.19. The van der Waals surface area contributed by atoms with Crippen molar-refractivity contribution in [3.8, 4) is 0 Å². The van der Waals surface area contributed by atoms with Crippen LogP contribution >= 0.6 is 0 Å². The van der Waals surface area contributed by atoms with Crippen molar-refractivity contribution >= 4 is 0 Å². The fourth-order valence-corrected chi connectivity index (χ4v) is 3.31. The molecule has 0 nitrogen and oxygen atoms in total. The molecule has 0 aromatic heterocycles. The van der Waals surface area contributed by atoms with Gasteiger partial charge in [0.05, 0.1) is 0 Å². The molecule has 1 saturated carbocycles. The third-order valence-electron chi connectivity index (χ3n) is 3.99. The Hall–Kier alpha value is -0.520. The molecule has 0 radical (unpaired) electrons. The quantitative estimate of drug-likeness (QED) is 0.566. The van der Waals surface area contributed by atoms with E-state index < -0.39 is 0 Å². The number of allylic oxidation sites excluding steroid dienone is 4. The number of rotatable bonds is 1. The monoisotopic (exact) mass is 174 g/mol. The van der Waals surface area contributed by atoms with E-state index in [4.69, 9.17) is 0 Å². The highest BCUT2D eigenvalue weighted by atomic mass is 14.4. The van der Waals surface area contributed by atoms with E-state index in [2.05, 4.69) is 12.2 Å². The van der Waals surface area contributed by atoms with E-state index in [0.29, 0.717) is 0 Å². The Labute approximate surface area is 80.7 Å². The summed E-state index contributed by atoms with van der Waals surface area (Å²) in [5.41, 5.74) is 3.48. The summed E-state index contributed by atoms with van der Waals surface area (Å²) in [5.74, 6) is 1.93. The standard InChI is InChI=1S/C13H18/c1-2-4-11(5-3-1)13-9-10-6-7-12(13)8-10/h4,9-10,12H,1-3,5-8H2. The maximum absolute atomic E-state index is 2.59. The smallest absolute Gasteiger partial charge is 0.0157 e. The Kier molecular flexibility index (Phi) is 1.81. The van der Waals surface area contributed by atoms with Crippen LogP contribution in [-0.2, 0) is 0 Å². The highest BCUT2D eigenvalue weighted by molar-refractivity contribution is 5.38. The third-order valence-corrected chi connectivity index (χ3v) is 3.99. The molecule has 0 aromatic rings. The molecule has 0 amide bonds. The zero-order valence-corrected chi connectivity index (χ0v) is 8.26. The van der Waals surface area contributed by atoms with Gasteiger partial charge in [-0.15, -0.1) is 0 Å². The first-order valence-corrected chi connectivity index (χ1v) is 5.84. The molecule has 2 unspecified atom stereocenters. The third kappa shape index (κ3) is 1.27. The maximum atomic E-state index is 2.59. The second-order valence-corrected chi connectivity index (χ2v) is 4.87. The summed E-state index contributed by atoms with van der Waals surface area (Å²) in [6.45, 7) is 0. The van der Waals surface area contributed by atoms with E-state index >= 15 is 0 Å². The first kappa shape index (κ1) is 7.84. The SMILES string of the molecule is C1=C(C2=CC3CCC2C3)CCCC1. The molecule has 2 bridgehead atoms. The van der Waals surface area contributed by atoms with Crippen molar-refractivity contribution in [3.05, 3.63) is 23.3 Å². The van der Waals surface area contributed by atoms with E-state index in [1.54, 1.807) is 11.1 Å². The molecule has 0 aromatic carbocycles. The lowest BCUT2D eigenvalue weighted by molar-refractivity contribution is 0.631. The van der Waals surface area contributed by atoms with Gasteiger partial charge in [-0.25, -0.2) is 0 Å². The Morgan fingerprint density at radius 2 is 2.15 bits per heavy atom. The van der Waals surface area contributed by atoms with E-state index in [1.165, 1.54) is 44.9 Å². The maximum Gasteiger partial charge on any atom is -0.0157 e. The summed E-state index contributed by atoms with van der Waals surface area (Å²) in [6.07, 6.45) is 15.1. The fourth-order valence-electron chi connectivity index (χ4n) is 3.31. The molecule has 2 atom stereocenters. The van der Waals surface area contributed by atoms with Gasteiger partial charge in [0.25, 0.3) is 0 Å². The number of fused-ring (bicyclic) bond motifs is 2. The predicted molar refractivity (Wildman–Crippen MR) is 55.5 cm³/mol. The molecule has 1 fully saturated rings. The number of hydrogen-bond acceptors (Lipinski definition) is 0. The van der Waals surface area contributed by atoms with Crippen LogP contribution in [-0.4, -0.2) is 0 Å². The van der Waals surface area contributed by atoms with Crippen molar-refractivity contribution in [2.24, 2.45) is 11.8 Å². The van der Waals surface area contributed by atoms with Crippen molar-refractivity contribution in [1.29, 1.82) is 0 Å². The van der Waals surface area contributed by atoms with Gasteiger partial charge >= 0.3 is 0 Å². The largest absolute Gasteiger partial charge is 0.0810 e. The molecule has 0 N–H and O–H groups in total. The molecule has 3 aliphatic rings. The molecule has 13 heavy (non-hydrogen) atoms. The zero-order chi connectivity index (χ0) is 8.67. The van der Waals surface area contributed by atoms with Crippen LogP contribution in [0.4, 0.5) is 0 Å². The molecule has 0 heteroatoms. The van der Waals surface area contributed by atoms with Crippen LogP contribution < -0.4 is 0 Å². The average molecular weight is 174 g/mol. The summed E-state index contributed by atoms with van der Waals surface area (Å²) in [6, 6.07) is 0. The van der Waals surface area contributed by atoms with Gasteiger partial charge in [0, 0.05) is 0 Å². The molecule has 3 aliphatic carbocycles. The van der Waals surface area contributed by atoms with Crippen molar-refractivity contribution < 1.29 is 0 Å². The summed E-state index contributed by atoms with van der Waals surface area (Å²) >= 11 is 0. The van der Waals surface area contributed by atoms with Gasteiger partial charge in [0.15, 0.2) is 0 Å². The Bertz CT molecular complexity index is 270. The van der Waals surface area contributed by atoms with Crippen LogP contribution in [0.2, 0.25) is 0 Å². The fraction of sp³-hybridized carbons (Fsp3) is 0.692. The molecule has 0 aliphatic heterocycles. The van der Waals surface area contributed by atoms with E-state index in [9.17, 15) is 0 Å². The summed E-state index contributed by atoms with van der Waals surface area (Å²) in [5, 5.41) is 0. The van der Waals surface area contributed by atoms with Crippen LogP contribution in [0.1, 0.15) is 44.9 Å². The highest BCUT2D eigenvalue weighted by Crippen LogP contribution is 2.47. The Morgan fingerprint density at radius 3 is 2.77 bits per heavy atom. The van der Waals surface area contributed by atoms with Crippen LogP contribution in [0, 0.1) is 11.8 Å². The molecule has 0 heterocycles. The van der Waals surface area contributed by atoms with Crippen LogP contribution in [0.5, 0.6) is 0 Å². The highest BCUT2D eigenvalue weighted by Gasteiger charge is 2.33. The van der Waals surface area contributed by atoms with Crippen molar-refractivity contribution in [1.82, 2.24) is 0 Å². The normalized spacial score (nSPS) is 37.5. The topological polar surface area (TPSA) is 0 Å². The molecular weight excluding hydrogens is 156 g/mol. The summed E-state index contributed by atoms with van der Waals surface area (Å²) in [4.78, 5) is 0. The lowest BCUT2D eigenvalue weighted by atomic mass is 9.86. The molecular formula is C13H18. The van der Waals surface area contributed by atoms with Gasteiger partial charge in [-0.05, 0) is 67.9 Å². The molecule has 70 valence electrons. The number of hydrogen-bond donors (Lipinski definition) is 0. The molecule has 0 spiro atoms. The van der Waals surface area contributed by atoms with Gasteiger partial charge in [-0.1, -0.05) is 12.2 Å². The minimum atomic E-state index is 0.961. The minimum absolute atomic E-state index is 0.961. The van der Waals surface area contributed by atoms with E-state index in [0.717, 1.165) is 11.8 Å². The van der Waals surface area contributed by atoms with Gasteiger partial charge in [0.2, 0.25) is 0 Å². The Balaban J connectivity index is 1.85. The van der Waals surface area contributed by atoms with Crippen LogP contribution in [0.3, 0.4) is 0 Å². The van der Waals surface area contributed by atoms with Crippen LogP contribution in [0.15, 0.2) is 23.3 Å². The summed E-state index contributed by atoms with van der Waals surface area (Å²) < 4.78 is 0. The zero-order valence-electron chi connectivity index (χ0n) is 8.26. The lowest BCUT2D eigenvalue weighted by Crippen LogP contribution is -2.03. The summed E-state index contributed by atoms with van der Waals surface area (Å²) in [7, 11) is 0. The van der Waals surface area contributed by atoms with E-state index in [-0.39, 0.29) is 0 Å². The predicted octanol–water partition coefficient (Wildman–Crippen LogP) is 3.84. The minimum Gasteiger partial charge on any atom is -0.0810 e. The van der Waals surface area contributed by atoms with Crippen molar-refractivity contribution in [2.75, 3.05) is 0 Å². The molecule has 0 saturated heterocycles. The van der Waals surface area contributed by atoms with Gasteiger partial charge in [-0.2, -0.15) is 0 Å². The second kappa shape index (κ2) is 3.01. The van der Waals surface area contributed by atoms with E-state index in [1.807, 2.05) is 0 Å². The van der Waals surface area contributed by atoms with Crippen LogP contribution in [0.25, 0.3) is 0 Å². The second-order valence-electron chi connectivity index (χ2n) is 4.87. The molecule has 3 rings (SSSR count).